The monoisotopic (exact) mass is 877 g/mol. The van der Waals surface area contributed by atoms with E-state index in [9.17, 15) is 0 Å². The number of ether oxygens (including phenoxy) is 2. The fourth-order valence-corrected chi connectivity index (χ4v) is 11.5. The Morgan fingerprint density at radius 2 is 0.706 bits per heavy atom. The van der Waals surface area contributed by atoms with E-state index in [1.807, 2.05) is 0 Å². The molecule has 9 aromatic carbocycles. The number of hydrogen-bond acceptors (Lipinski definition) is 2. The van der Waals surface area contributed by atoms with Crippen LogP contribution < -0.4 is 25.9 Å². The van der Waals surface area contributed by atoms with Gasteiger partial charge in [0.2, 0.25) is 0 Å². The Bertz CT molecular complexity index is 3970. The summed E-state index contributed by atoms with van der Waals surface area (Å²) in [5.74, 6) is 3.43. The molecule has 0 spiro atoms. The minimum atomic E-state index is -0.0518. The topological polar surface area (TPSA) is 33.2 Å². The molecule has 0 aliphatic carbocycles. The zero-order valence-corrected chi connectivity index (χ0v) is 39.1. The van der Waals surface area contributed by atoms with E-state index in [1.165, 1.54) is 65.4 Å². The quantitative estimate of drug-likeness (QED) is 0.166. The Morgan fingerprint density at radius 3 is 1.13 bits per heavy atom. The summed E-state index contributed by atoms with van der Waals surface area (Å²) in [6.07, 6.45) is 0. The summed E-state index contributed by atoms with van der Waals surface area (Å²) in [6, 6.07) is 66.9. The fourth-order valence-electron chi connectivity index (χ4n) is 11.5. The van der Waals surface area contributed by atoms with Gasteiger partial charge in [-0.1, -0.05) is 151 Å². The van der Waals surface area contributed by atoms with Crippen molar-refractivity contribution in [2.75, 3.05) is 0 Å². The highest BCUT2D eigenvalue weighted by Gasteiger charge is 2.42. The zero-order valence-electron chi connectivity index (χ0n) is 39.1. The average Bonchev–Trinajstić information content (AvgIpc) is 3.99. The van der Waals surface area contributed by atoms with Crippen molar-refractivity contribution < 1.29 is 9.47 Å². The lowest BCUT2D eigenvalue weighted by Crippen LogP contribution is -2.57. The lowest BCUT2D eigenvalue weighted by molar-refractivity contribution is 0.463. The average molecular weight is 878 g/mol. The Kier molecular flexibility index (Phi) is 7.96. The molecular weight excluding hydrogens is 830 g/mol. The molecule has 0 unspecified atom stereocenters. The minimum Gasteiger partial charge on any atom is -0.458 e. The lowest BCUT2D eigenvalue weighted by Gasteiger charge is -2.35. The number of benzene rings is 9. The van der Waals surface area contributed by atoms with E-state index in [4.69, 9.17) is 9.47 Å². The maximum Gasteiger partial charge on any atom is 0.260 e. The van der Waals surface area contributed by atoms with Crippen LogP contribution in [0.3, 0.4) is 0 Å². The molecule has 0 saturated carbocycles. The van der Waals surface area contributed by atoms with Gasteiger partial charge in [0.25, 0.3) is 6.71 Å². The molecule has 0 atom stereocenters. The summed E-state index contributed by atoms with van der Waals surface area (Å²) in [7, 11) is 0. The standard InChI is InChI=1S/C62H48BN3O2/c1-61(2,3)37-23-31-54-48(33-37)63-49-34-38(62(4,5)6)24-32-55(49)68-57-36-41(35-56(67-54)58(57)63)66-53-22-14-10-18-45(53)47-30-29-46-44-17-9-13-21-52(44)65(59(46)60(47)66)40-27-25-39(26-28-40)64-50-19-11-7-15-42(50)43-16-8-12-20-51(43)64/h7-36H,1-6H3. The van der Waals surface area contributed by atoms with E-state index < -0.39 is 0 Å². The maximum absolute atomic E-state index is 7.09. The molecule has 3 aromatic heterocycles. The van der Waals surface area contributed by atoms with Gasteiger partial charge in [-0.25, -0.2) is 0 Å². The van der Waals surface area contributed by atoms with Crippen molar-refractivity contribution in [3.8, 4) is 40.1 Å². The van der Waals surface area contributed by atoms with Gasteiger partial charge < -0.3 is 23.2 Å². The molecular formula is C62H48BN3O2. The van der Waals surface area contributed by atoms with E-state index in [0.717, 1.165) is 67.6 Å². The van der Waals surface area contributed by atoms with Crippen LogP contribution in [0.5, 0.6) is 23.0 Å². The van der Waals surface area contributed by atoms with Gasteiger partial charge in [0.05, 0.1) is 38.8 Å². The smallest absolute Gasteiger partial charge is 0.260 e. The molecule has 326 valence electrons. The van der Waals surface area contributed by atoms with Crippen molar-refractivity contribution in [3.05, 3.63) is 193 Å². The molecule has 12 aromatic rings. The summed E-state index contributed by atoms with van der Waals surface area (Å²) >= 11 is 0. The molecule has 0 fully saturated rings. The highest BCUT2D eigenvalue weighted by atomic mass is 16.5. The second-order valence-corrected chi connectivity index (χ2v) is 20.9. The third-order valence-electron chi connectivity index (χ3n) is 14.9. The molecule has 0 radical (unpaired) electrons. The summed E-state index contributed by atoms with van der Waals surface area (Å²) < 4.78 is 21.5. The second-order valence-electron chi connectivity index (χ2n) is 20.9. The van der Waals surface area contributed by atoms with Gasteiger partial charge in [-0.3, -0.25) is 0 Å². The zero-order chi connectivity index (χ0) is 45.8. The number of para-hydroxylation sites is 4. The molecule has 0 bridgehead atoms. The van der Waals surface area contributed by atoms with E-state index in [0.29, 0.717) is 0 Å². The van der Waals surface area contributed by atoms with Gasteiger partial charge in [0, 0.05) is 61.3 Å². The van der Waals surface area contributed by atoms with Crippen LogP contribution in [-0.4, -0.2) is 20.4 Å². The number of fused-ring (bicyclic) bond motifs is 14. The Balaban J connectivity index is 1.02. The first kappa shape index (κ1) is 39.2. The van der Waals surface area contributed by atoms with Crippen LogP contribution in [0.1, 0.15) is 52.7 Å². The molecule has 68 heavy (non-hydrogen) atoms. The van der Waals surface area contributed by atoms with Crippen molar-refractivity contribution in [2.45, 2.75) is 52.4 Å². The normalized spacial score (nSPS) is 13.4. The Hall–Kier alpha value is -7.96. The third kappa shape index (κ3) is 5.52. The van der Waals surface area contributed by atoms with Crippen LogP contribution >= 0.6 is 0 Å². The molecule has 14 rings (SSSR count). The van der Waals surface area contributed by atoms with Crippen LogP contribution in [0.2, 0.25) is 0 Å². The van der Waals surface area contributed by atoms with Crippen molar-refractivity contribution in [2.24, 2.45) is 0 Å². The van der Waals surface area contributed by atoms with E-state index in [-0.39, 0.29) is 17.5 Å². The lowest BCUT2D eigenvalue weighted by atomic mass is 9.34. The minimum absolute atomic E-state index is 0.0258. The molecule has 0 N–H and O–H groups in total. The first-order valence-corrected chi connectivity index (χ1v) is 23.9. The van der Waals surface area contributed by atoms with Crippen LogP contribution in [0.25, 0.3) is 82.5 Å². The van der Waals surface area contributed by atoms with Crippen molar-refractivity contribution in [1.82, 2.24) is 13.7 Å². The Morgan fingerprint density at radius 1 is 0.338 bits per heavy atom. The van der Waals surface area contributed by atoms with Gasteiger partial charge in [-0.05, 0) is 93.5 Å². The van der Waals surface area contributed by atoms with Gasteiger partial charge in [0.15, 0.2) is 0 Å². The van der Waals surface area contributed by atoms with E-state index in [1.54, 1.807) is 0 Å². The summed E-state index contributed by atoms with van der Waals surface area (Å²) in [5, 5.41) is 7.29. The molecule has 0 amide bonds. The number of aromatic nitrogens is 3. The van der Waals surface area contributed by atoms with Crippen LogP contribution in [0, 0.1) is 0 Å². The van der Waals surface area contributed by atoms with Gasteiger partial charge in [-0.15, -0.1) is 0 Å². The van der Waals surface area contributed by atoms with Crippen LogP contribution in [0.4, 0.5) is 0 Å². The van der Waals surface area contributed by atoms with Crippen molar-refractivity contribution in [1.29, 1.82) is 0 Å². The maximum atomic E-state index is 7.09. The number of nitrogens with zero attached hydrogens (tertiary/aromatic N) is 3. The summed E-state index contributed by atoms with van der Waals surface area (Å²) in [6.45, 7) is 13.6. The number of hydrogen-bond donors (Lipinski definition) is 0. The summed E-state index contributed by atoms with van der Waals surface area (Å²) in [4.78, 5) is 0. The first-order chi connectivity index (χ1) is 33.0. The summed E-state index contributed by atoms with van der Waals surface area (Å²) in [5.41, 5.74) is 16.1. The highest BCUT2D eigenvalue weighted by molar-refractivity contribution is 6.98. The fraction of sp³-hybridized carbons (Fsp3) is 0.129. The van der Waals surface area contributed by atoms with E-state index in [2.05, 4.69) is 237 Å². The van der Waals surface area contributed by atoms with Crippen LogP contribution in [-0.2, 0) is 10.8 Å². The molecule has 5 heterocycles. The first-order valence-electron chi connectivity index (χ1n) is 23.9. The van der Waals surface area contributed by atoms with E-state index >= 15 is 0 Å². The molecule has 2 aliphatic rings. The number of rotatable bonds is 3. The van der Waals surface area contributed by atoms with Crippen LogP contribution in [0.15, 0.2) is 182 Å². The molecule has 2 aliphatic heterocycles. The SMILES string of the molecule is CC(C)(C)c1ccc2c(c1)B1c3cc(C(C)(C)C)ccc3Oc3cc(-n4c5ccccc5c5ccc6c7ccccc7n(-c7ccc(-n8c9ccccc9c9ccccc98)cc7)c6c54)cc(c31)O2. The second kappa shape index (κ2) is 13.8. The molecule has 0 saturated heterocycles. The third-order valence-corrected chi connectivity index (χ3v) is 14.9. The van der Waals surface area contributed by atoms with Crippen molar-refractivity contribution in [3.63, 3.8) is 0 Å². The van der Waals surface area contributed by atoms with Crippen molar-refractivity contribution >= 4 is 88.5 Å². The highest BCUT2D eigenvalue weighted by Crippen LogP contribution is 2.45. The molecule has 5 nitrogen and oxygen atoms in total. The molecule has 6 heteroatoms. The van der Waals surface area contributed by atoms with Gasteiger partial charge in [-0.2, -0.15) is 0 Å². The predicted molar refractivity (Wildman–Crippen MR) is 285 cm³/mol. The Labute approximate surface area is 395 Å². The van der Waals surface area contributed by atoms with Gasteiger partial charge in [0.1, 0.15) is 23.0 Å². The predicted octanol–water partition coefficient (Wildman–Crippen LogP) is 14.3. The van der Waals surface area contributed by atoms with Gasteiger partial charge >= 0.3 is 0 Å². The largest absolute Gasteiger partial charge is 0.458 e.